The molecule has 18 heavy (non-hydrogen) atoms. The van der Waals surface area contributed by atoms with Crippen molar-refractivity contribution in [3.05, 3.63) is 22.8 Å². The second kappa shape index (κ2) is 6.20. The van der Waals surface area contributed by atoms with E-state index in [0.717, 1.165) is 0 Å². The zero-order valence-electron chi connectivity index (χ0n) is 10.0. The van der Waals surface area contributed by atoms with Crippen LogP contribution in [0.5, 0.6) is 0 Å². The maximum Gasteiger partial charge on any atom is 0.337 e. The zero-order valence-corrected chi connectivity index (χ0v) is 10.8. The number of amides is 1. The minimum Gasteiger partial charge on any atom is -0.478 e. The van der Waals surface area contributed by atoms with Crippen LogP contribution in [0.3, 0.4) is 0 Å². The van der Waals surface area contributed by atoms with E-state index in [9.17, 15) is 9.59 Å². The average Bonchev–Trinajstić information content (AvgIpc) is 2.36. The number of nitrogens with zero attached hydrogens (tertiary/aromatic N) is 1. The Morgan fingerprint density at radius 2 is 2.22 bits per heavy atom. The molecule has 0 saturated carbocycles. The molecule has 1 aromatic rings. The number of anilines is 1. The number of halogens is 1. The Morgan fingerprint density at radius 3 is 2.67 bits per heavy atom. The number of likely N-dealkylation sites (N-methyl/N-ethyl adjacent to an activating group) is 1. The molecule has 6 nitrogen and oxygen atoms in total. The molecule has 0 fully saturated rings. The quantitative estimate of drug-likeness (QED) is 0.752. The van der Waals surface area contributed by atoms with Gasteiger partial charge in [0.1, 0.15) is 11.9 Å². The Morgan fingerprint density at radius 1 is 1.56 bits per heavy atom. The van der Waals surface area contributed by atoms with E-state index >= 15 is 0 Å². The van der Waals surface area contributed by atoms with Gasteiger partial charge < -0.3 is 15.7 Å². The molecular weight excluding hydrogens is 258 g/mol. The fraction of sp³-hybridized carbons (Fsp3) is 0.364. The molecular formula is C11H14ClN3O3. The van der Waals surface area contributed by atoms with Gasteiger partial charge in [-0.05, 0) is 12.5 Å². The second-order valence-electron chi connectivity index (χ2n) is 3.58. The van der Waals surface area contributed by atoms with Gasteiger partial charge in [-0.2, -0.15) is 0 Å². The number of aromatic carboxylic acids is 1. The Balaban J connectivity index is 2.90. The van der Waals surface area contributed by atoms with E-state index in [-0.39, 0.29) is 22.3 Å². The number of pyridine rings is 1. The van der Waals surface area contributed by atoms with Crippen LogP contribution in [0.4, 0.5) is 5.82 Å². The number of aromatic nitrogens is 1. The highest BCUT2D eigenvalue weighted by Crippen LogP contribution is 2.21. The topological polar surface area (TPSA) is 91.3 Å². The van der Waals surface area contributed by atoms with Crippen molar-refractivity contribution < 1.29 is 14.7 Å². The molecule has 0 aliphatic rings. The number of hydrogen-bond donors (Lipinski definition) is 3. The van der Waals surface area contributed by atoms with Crippen molar-refractivity contribution in [2.75, 3.05) is 12.4 Å². The first-order valence-electron chi connectivity index (χ1n) is 5.36. The second-order valence-corrected chi connectivity index (χ2v) is 3.99. The summed E-state index contributed by atoms with van der Waals surface area (Å²) in [5.41, 5.74) is -0.00135. The van der Waals surface area contributed by atoms with Crippen LogP contribution < -0.4 is 10.6 Å². The highest BCUT2D eigenvalue weighted by molar-refractivity contribution is 6.33. The van der Waals surface area contributed by atoms with Crippen LogP contribution >= 0.6 is 11.6 Å². The molecule has 1 rings (SSSR count). The third kappa shape index (κ3) is 3.33. The fourth-order valence-electron chi connectivity index (χ4n) is 1.35. The minimum atomic E-state index is -1.10. The standard InChI is InChI=1S/C11H14ClN3O3/c1-3-8(10(16)13-2)15-9-7(12)4-6(5-14-9)11(17)18/h4-5,8H,3H2,1-2H3,(H,13,16)(H,14,15)(H,17,18). The van der Waals surface area contributed by atoms with Crippen molar-refractivity contribution in [1.82, 2.24) is 10.3 Å². The average molecular weight is 272 g/mol. The maximum absolute atomic E-state index is 11.5. The summed E-state index contributed by atoms with van der Waals surface area (Å²) < 4.78 is 0. The Labute approximate surface area is 109 Å². The van der Waals surface area contributed by atoms with Gasteiger partial charge in [0, 0.05) is 13.2 Å². The van der Waals surface area contributed by atoms with Gasteiger partial charge in [0.15, 0.2) is 0 Å². The maximum atomic E-state index is 11.5. The predicted molar refractivity (Wildman–Crippen MR) is 68.0 cm³/mol. The fourth-order valence-corrected chi connectivity index (χ4v) is 1.57. The summed E-state index contributed by atoms with van der Waals surface area (Å²) in [6, 6.07) is 0.825. The number of carboxylic acids is 1. The Kier molecular flexibility index (Phi) is 4.91. The lowest BCUT2D eigenvalue weighted by Gasteiger charge is -2.16. The lowest BCUT2D eigenvalue weighted by Crippen LogP contribution is -2.37. The molecule has 0 spiro atoms. The van der Waals surface area contributed by atoms with Gasteiger partial charge in [-0.3, -0.25) is 4.79 Å². The van der Waals surface area contributed by atoms with E-state index in [1.807, 2.05) is 6.92 Å². The number of carboxylic acid groups (broad SMARTS) is 1. The molecule has 0 radical (unpaired) electrons. The van der Waals surface area contributed by atoms with E-state index in [1.54, 1.807) is 0 Å². The molecule has 1 amide bonds. The van der Waals surface area contributed by atoms with E-state index in [2.05, 4.69) is 15.6 Å². The molecule has 7 heteroatoms. The number of carbonyl (C=O) groups excluding carboxylic acids is 1. The molecule has 0 aliphatic carbocycles. The molecule has 1 heterocycles. The van der Waals surface area contributed by atoms with E-state index in [0.29, 0.717) is 6.42 Å². The van der Waals surface area contributed by atoms with Crippen LogP contribution in [-0.4, -0.2) is 35.1 Å². The zero-order chi connectivity index (χ0) is 13.7. The molecule has 1 unspecified atom stereocenters. The molecule has 1 aromatic heterocycles. The first kappa shape index (κ1) is 14.2. The SMILES string of the molecule is CCC(Nc1ncc(C(=O)O)cc1Cl)C(=O)NC. The van der Waals surface area contributed by atoms with Crippen LogP contribution in [0.1, 0.15) is 23.7 Å². The van der Waals surface area contributed by atoms with Crippen molar-refractivity contribution in [2.24, 2.45) is 0 Å². The number of nitrogens with one attached hydrogen (secondary N) is 2. The Hall–Kier alpha value is -1.82. The Bertz CT molecular complexity index is 465. The lowest BCUT2D eigenvalue weighted by molar-refractivity contribution is -0.121. The van der Waals surface area contributed by atoms with Gasteiger partial charge in [-0.1, -0.05) is 18.5 Å². The number of carbonyl (C=O) groups is 2. The summed E-state index contributed by atoms with van der Waals surface area (Å²) in [6.07, 6.45) is 1.74. The molecule has 98 valence electrons. The van der Waals surface area contributed by atoms with Gasteiger partial charge in [-0.15, -0.1) is 0 Å². The van der Waals surface area contributed by atoms with Crippen LogP contribution in [0.25, 0.3) is 0 Å². The van der Waals surface area contributed by atoms with Crippen LogP contribution in [0, 0.1) is 0 Å². The summed E-state index contributed by atoms with van der Waals surface area (Å²) in [4.78, 5) is 26.1. The van der Waals surface area contributed by atoms with Crippen molar-refractivity contribution in [3.63, 3.8) is 0 Å². The summed E-state index contributed by atoms with van der Waals surface area (Å²) in [5, 5.41) is 14.3. The monoisotopic (exact) mass is 271 g/mol. The van der Waals surface area contributed by atoms with E-state index < -0.39 is 12.0 Å². The van der Waals surface area contributed by atoms with Gasteiger partial charge in [0.05, 0.1) is 10.6 Å². The molecule has 1 atom stereocenters. The molecule has 3 N–H and O–H groups in total. The summed E-state index contributed by atoms with van der Waals surface area (Å²) in [7, 11) is 1.54. The number of rotatable bonds is 5. The molecule has 0 aromatic carbocycles. The summed E-state index contributed by atoms with van der Waals surface area (Å²) >= 11 is 5.90. The van der Waals surface area contributed by atoms with Crippen molar-refractivity contribution in [2.45, 2.75) is 19.4 Å². The smallest absolute Gasteiger partial charge is 0.337 e. The molecule has 0 saturated heterocycles. The third-order valence-corrected chi connectivity index (χ3v) is 2.66. The first-order valence-corrected chi connectivity index (χ1v) is 5.74. The lowest BCUT2D eigenvalue weighted by atomic mass is 10.2. The van der Waals surface area contributed by atoms with Gasteiger partial charge in [0.2, 0.25) is 5.91 Å². The highest BCUT2D eigenvalue weighted by Gasteiger charge is 2.17. The van der Waals surface area contributed by atoms with E-state index in [1.165, 1.54) is 19.3 Å². The van der Waals surface area contributed by atoms with Crippen LogP contribution in [-0.2, 0) is 4.79 Å². The normalized spacial score (nSPS) is 11.7. The predicted octanol–water partition coefficient (Wildman–Crippen LogP) is 1.37. The molecule has 0 bridgehead atoms. The first-order chi connectivity index (χ1) is 8.49. The van der Waals surface area contributed by atoms with Crippen molar-refractivity contribution in [3.8, 4) is 0 Å². The van der Waals surface area contributed by atoms with Gasteiger partial charge in [0.25, 0.3) is 0 Å². The minimum absolute atomic E-state index is 0.00135. The van der Waals surface area contributed by atoms with Crippen molar-refractivity contribution >= 4 is 29.3 Å². The van der Waals surface area contributed by atoms with Gasteiger partial charge >= 0.3 is 5.97 Å². The summed E-state index contributed by atoms with van der Waals surface area (Å²) in [6.45, 7) is 1.84. The van der Waals surface area contributed by atoms with E-state index in [4.69, 9.17) is 16.7 Å². The largest absolute Gasteiger partial charge is 0.478 e. The third-order valence-electron chi connectivity index (χ3n) is 2.37. The molecule has 0 aliphatic heterocycles. The highest BCUT2D eigenvalue weighted by atomic mass is 35.5. The van der Waals surface area contributed by atoms with Crippen LogP contribution in [0.15, 0.2) is 12.3 Å². The number of hydrogen-bond acceptors (Lipinski definition) is 4. The summed E-state index contributed by atoms with van der Waals surface area (Å²) in [5.74, 6) is -0.996. The van der Waals surface area contributed by atoms with Crippen molar-refractivity contribution in [1.29, 1.82) is 0 Å². The van der Waals surface area contributed by atoms with Crippen LogP contribution in [0.2, 0.25) is 5.02 Å². The van der Waals surface area contributed by atoms with Gasteiger partial charge in [-0.25, -0.2) is 9.78 Å².